The van der Waals surface area contributed by atoms with Crippen molar-refractivity contribution >= 4 is 35.0 Å². The highest BCUT2D eigenvalue weighted by Gasteiger charge is 2.48. The Morgan fingerprint density at radius 2 is 1.73 bits per heavy atom. The number of para-hydroxylation sites is 1. The summed E-state index contributed by atoms with van der Waals surface area (Å²) in [4.78, 5) is 37.8. The summed E-state index contributed by atoms with van der Waals surface area (Å²) < 4.78 is 0. The minimum absolute atomic E-state index is 0.205. The molecule has 3 rings (SSSR count). The van der Waals surface area contributed by atoms with Crippen molar-refractivity contribution in [3.05, 3.63) is 29.3 Å². The van der Waals surface area contributed by atoms with Crippen LogP contribution in [-0.2, 0) is 14.4 Å². The fourth-order valence-electron chi connectivity index (χ4n) is 3.28. The molecule has 1 aliphatic carbocycles. The van der Waals surface area contributed by atoms with E-state index in [2.05, 4.69) is 5.32 Å². The topological polar surface area (TPSA) is 66.5 Å². The summed E-state index contributed by atoms with van der Waals surface area (Å²) in [5.41, 5.74) is 0.477. The lowest BCUT2D eigenvalue weighted by Crippen LogP contribution is -2.38. The van der Waals surface area contributed by atoms with Crippen LogP contribution < -0.4 is 5.32 Å². The van der Waals surface area contributed by atoms with Crippen LogP contribution in [0.15, 0.2) is 24.3 Å². The zero-order valence-electron chi connectivity index (χ0n) is 12.0. The van der Waals surface area contributed by atoms with Gasteiger partial charge in [-0.2, -0.15) is 0 Å². The van der Waals surface area contributed by atoms with Crippen LogP contribution in [0.1, 0.15) is 25.7 Å². The average Bonchev–Trinajstić information content (AvgIpc) is 2.75. The molecule has 116 valence electrons. The van der Waals surface area contributed by atoms with Gasteiger partial charge in [-0.05, 0) is 25.0 Å². The second-order valence-corrected chi connectivity index (χ2v) is 6.20. The lowest BCUT2D eigenvalue weighted by molar-refractivity contribution is -0.142. The van der Waals surface area contributed by atoms with Crippen molar-refractivity contribution in [2.75, 3.05) is 11.9 Å². The fraction of sp³-hybridized carbons (Fsp3) is 0.438. The van der Waals surface area contributed by atoms with Gasteiger partial charge in [-0.1, -0.05) is 36.6 Å². The maximum atomic E-state index is 12.3. The van der Waals surface area contributed by atoms with Crippen molar-refractivity contribution in [2.24, 2.45) is 11.8 Å². The molecule has 1 aromatic carbocycles. The molecule has 22 heavy (non-hydrogen) atoms. The second kappa shape index (κ2) is 6.08. The number of carbonyl (C=O) groups excluding carboxylic acids is 3. The summed E-state index contributed by atoms with van der Waals surface area (Å²) >= 11 is 5.98. The van der Waals surface area contributed by atoms with Crippen LogP contribution in [0.5, 0.6) is 0 Å². The van der Waals surface area contributed by atoms with Crippen molar-refractivity contribution < 1.29 is 14.4 Å². The Morgan fingerprint density at radius 3 is 2.32 bits per heavy atom. The largest absolute Gasteiger partial charge is 0.323 e. The smallest absolute Gasteiger partial charge is 0.244 e. The van der Waals surface area contributed by atoms with Gasteiger partial charge < -0.3 is 5.32 Å². The fourth-order valence-corrected chi connectivity index (χ4v) is 3.47. The number of carbonyl (C=O) groups is 3. The predicted molar refractivity (Wildman–Crippen MR) is 82.2 cm³/mol. The molecular formula is C16H17ClN2O3. The van der Waals surface area contributed by atoms with Crippen molar-refractivity contribution in [2.45, 2.75) is 25.7 Å². The molecule has 2 atom stereocenters. The minimum atomic E-state index is -0.409. The van der Waals surface area contributed by atoms with Gasteiger partial charge in [0.15, 0.2) is 0 Å². The number of nitrogens with zero attached hydrogens (tertiary/aromatic N) is 1. The van der Waals surface area contributed by atoms with E-state index in [9.17, 15) is 14.4 Å². The molecule has 1 N–H and O–H groups in total. The highest BCUT2D eigenvalue weighted by atomic mass is 35.5. The standard InChI is InChI=1S/C16H17ClN2O3/c17-12-7-3-4-8-13(12)18-14(20)9-19-15(21)10-5-1-2-6-11(10)16(19)22/h3-4,7-8,10-11H,1-2,5-6,9H2,(H,18,20)/t10-,11-/m0/s1. The van der Waals surface area contributed by atoms with Crippen molar-refractivity contribution in [3.63, 3.8) is 0 Å². The summed E-state index contributed by atoms with van der Waals surface area (Å²) in [6.45, 7) is -0.240. The number of fused-ring (bicyclic) bond motifs is 1. The quantitative estimate of drug-likeness (QED) is 0.870. The molecule has 2 aliphatic rings. The van der Waals surface area contributed by atoms with Gasteiger partial charge in [0.1, 0.15) is 6.54 Å². The van der Waals surface area contributed by atoms with Gasteiger partial charge in [0.25, 0.3) is 0 Å². The first-order chi connectivity index (χ1) is 10.6. The van der Waals surface area contributed by atoms with E-state index in [1.807, 2.05) is 0 Å². The van der Waals surface area contributed by atoms with Crippen LogP contribution >= 0.6 is 11.6 Å². The molecular weight excluding hydrogens is 304 g/mol. The Labute approximate surface area is 133 Å². The van der Waals surface area contributed by atoms with E-state index in [0.717, 1.165) is 30.6 Å². The number of anilines is 1. The zero-order valence-corrected chi connectivity index (χ0v) is 12.8. The van der Waals surface area contributed by atoms with Gasteiger partial charge in [-0.3, -0.25) is 19.3 Å². The Morgan fingerprint density at radius 1 is 1.14 bits per heavy atom. The van der Waals surface area contributed by atoms with E-state index in [1.165, 1.54) is 0 Å². The lowest BCUT2D eigenvalue weighted by Gasteiger charge is -2.19. The van der Waals surface area contributed by atoms with Crippen molar-refractivity contribution in [1.82, 2.24) is 4.90 Å². The Balaban J connectivity index is 1.68. The number of hydrogen-bond acceptors (Lipinski definition) is 3. The maximum Gasteiger partial charge on any atom is 0.244 e. The van der Waals surface area contributed by atoms with Crippen molar-refractivity contribution in [1.29, 1.82) is 0 Å². The summed E-state index contributed by atoms with van der Waals surface area (Å²) in [5.74, 6) is -1.27. The third-order valence-electron chi connectivity index (χ3n) is 4.38. The van der Waals surface area contributed by atoms with Gasteiger partial charge >= 0.3 is 0 Å². The van der Waals surface area contributed by atoms with Crippen LogP contribution in [0.4, 0.5) is 5.69 Å². The number of halogens is 1. The van der Waals surface area contributed by atoms with Crippen LogP contribution in [0.2, 0.25) is 5.02 Å². The third-order valence-corrected chi connectivity index (χ3v) is 4.71. The van der Waals surface area contributed by atoms with E-state index >= 15 is 0 Å². The van der Waals surface area contributed by atoms with Gasteiger partial charge in [0.2, 0.25) is 17.7 Å². The van der Waals surface area contributed by atoms with Crippen molar-refractivity contribution in [3.8, 4) is 0 Å². The molecule has 0 unspecified atom stereocenters. The van der Waals surface area contributed by atoms with Gasteiger partial charge in [-0.25, -0.2) is 0 Å². The highest BCUT2D eigenvalue weighted by Crippen LogP contribution is 2.37. The summed E-state index contributed by atoms with van der Waals surface area (Å²) in [7, 11) is 0. The predicted octanol–water partition coefficient (Wildman–Crippen LogP) is 2.45. The monoisotopic (exact) mass is 320 g/mol. The van der Waals surface area contributed by atoms with Gasteiger partial charge in [0, 0.05) is 0 Å². The second-order valence-electron chi connectivity index (χ2n) is 5.79. The molecule has 1 saturated heterocycles. The number of amides is 3. The van der Waals surface area contributed by atoms with Crippen LogP contribution in [0.25, 0.3) is 0 Å². The van der Waals surface area contributed by atoms with E-state index in [4.69, 9.17) is 11.6 Å². The molecule has 1 saturated carbocycles. The number of rotatable bonds is 3. The molecule has 5 nitrogen and oxygen atoms in total. The zero-order chi connectivity index (χ0) is 15.7. The number of likely N-dealkylation sites (tertiary alicyclic amines) is 1. The Bertz CT molecular complexity index is 608. The number of nitrogens with one attached hydrogen (secondary N) is 1. The summed E-state index contributed by atoms with van der Waals surface area (Å²) in [6.07, 6.45) is 3.44. The molecule has 0 radical (unpaired) electrons. The molecule has 0 bridgehead atoms. The number of benzene rings is 1. The first-order valence-corrected chi connectivity index (χ1v) is 7.85. The van der Waals surface area contributed by atoms with Gasteiger partial charge in [0.05, 0.1) is 22.5 Å². The van der Waals surface area contributed by atoms with E-state index in [-0.39, 0.29) is 30.2 Å². The number of imide groups is 1. The summed E-state index contributed by atoms with van der Waals surface area (Å²) in [5, 5.41) is 3.06. The van der Waals surface area contributed by atoms with E-state index in [1.54, 1.807) is 24.3 Å². The van der Waals surface area contributed by atoms with Crippen LogP contribution in [0, 0.1) is 11.8 Å². The average molecular weight is 321 g/mol. The third kappa shape index (κ3) is 2.73. The van der Waals surface area contributed by atoms with E-state index in [0.29, 0.717) is 10.7 Å². The minimum Gasteiger partial charge on any atom is -0.323 e. The number of hydrogen-bond donors (Lipinski definition) is 1. The maximum absolute atomic E-state index is 12.3. The molecule has 0 aromatic heterocycles. The first-order valence-electron chi connectivity index (χ1n) is 7.47. The highest BCUT2D eigenvalue weighted by molar-refractivity contribution is 6.33. The first kappa shape index (κ1) is 15.0. The molecule has 1 aliphatic heterocycles. The summed E-state index contributed by atoms with van der Waals surface area (Å²) in [6, 6.07) is 6.85. The molecule has 6 heteroatoms. The Kier molecular flexibility index (Phi) is 4.16. The molecule has 1 heterocycles. The molecule has 2 fully saturated rings. The van der Waals surface area contributed by atoms with Crippen LogP contribution in [-0.4, -0.2) is 29.2 Å². The SMILES string of the molecule is O=C(CN1C(=O)[C@H]2CCCC[C@@H]2C1=O)Nc1ccccc1Cl. The lowest BCUT2D eigenvalue weighted by atomic mass is 9.81. The van der Waals surface area contributed by atoms with E-state index < -0.39 is 5.91 Å². The normalized spacial score (nSPS) is 24.3. The molecule has 0 spiro atoms. The van der Waals surface area contributed by atoms with Gasteiger partial charge in [-0.15, -0.1) is 0 Å². The Hall–Kier alpha value is -1.88. The molecule has 3 amide bonds. The molecule has 1 aromatic rings. The van der Waals surface area contributed by atoms with Crippen LogP contribution in [0.3, 0.4) is 0 Å².